The number of hydrogen-bond donors (Lipinski definition) is 3. The summed E-state index contributed by atoms with van der Waals surface area (Å²) in [6, 6.07) is 0.205. The van der Waals surface area contributed by atoms with E-state index < -0.39 is 5.60 Å². The average molecular weight is 241 g/mol. The summed E-state index contributed by atoms with van der Waals surface area (Å²) in [6.45, 7) is 0.661. The van der Waals surface area contributed by atoms with Gasteiger partial charge in [0.25, 0.3) is 0 Å². The van der Waals surface area contributed by atoms with E-state index in [2.05, 4.69) is 5.32 Å². The molecular formula is C14H27NO2. The monoisotopic (exact) mass is 241 g/mol. The van der Waals surface area contributed by atoms with Gasteiger partial charge in [-0.05, 0) is 25.7 Å². The Morgan fingerprint density at radius 1 is 0.941 bits per heavy atom. The lowest BCUT2D eigenvalue weighted by molar-refractivity contribution is 0.0113. The lowest BCUT2D eigenvalue weighted by Gasteiger charge is -2.33. The molecule has 2 aliphatic carbocycles. The van der Waals surface area contributed by atoms with Crippen LogP contribution in [0.15, 0.2) is 0 Å². The van der Waals surface area contributed by atoms with Crippen LogP contribution in [0.25, 0.3) is 0 Å². The first-order valence-electron chi connectivity index (χ1n) is 7.33. The Morgan fingerprint density at radius 2 is 1.59 bits per heavy atom. The molecule has 0 heterocycles. The largest absolute Gasteiger partial charge is 0.392 e. The lowest BCUT2D eigenvalue weighted by Crippen LogP contribution is -2.49. The highest BCUT2D eigenvalue weighted by Gasteiger charge is 2.30. The van der Waals surface area contributed by atoms with Gasteiger partial charge < -0.3 is 15.5 Å². The fourth-order valence-electron chi connectivity index (χ4n) is 3.23. The maximum atomic E-state index is 10.5. The van der Waals surface area contributed by atoms with Gasteiger partial charge in [0, 0.05) is 12.6 Å². The number of nitrogens with one attached hydrogen (secondary N) is 1. The van der Waals surface area contributed by atoms with Crippen molar-refractivity contribution in [3.63, 3.8) is 0 Å². The first kappa shape index (κ1) is 13.3. The molecule has 100 valence electrons. The van der Waals surface area contributed by atoms with Crippen molar-refractivity contribution in [2.45, 2.75) is 82.0 Å². The van der Waals surface area contributed by atoms with Crippen LogP contribution in [-0.2, 0) is 0 Å². The van der Waals surface area contributed by atoms with Crippen LogP contribution >= 0.6 is 0 Å². The molecule has 3 nitrogen and oxygen atoms in total. The summed E-state index contributed by atoms with van der Waals surface area (Å²) in [5.74, 6) is 0. The topological polar surface area (TPSA) is 52.5 Å². The maximum absolute atomic E-state index is 10.5. The van der Waals surface area contributed by atoms with Crippen LogP contribution in [0.2, 0.25) is 0 Å². The zero-order chi connectivity index (χ0) is 12.1. The summed E-state index contributed by atoms with van der Waals surface area (Å²) in [5.41, 5.74) is -0.520. The maximum Gasteiger partial charge on any atom is 0.0771 e. The van der Waals surface area contributed by atoms with Gasteiger partial charge in [0.05, 0.1) is 11.7 Å². The van der Waals surface area contributed by atoms with E-state index in [1.165, 1.54) is 19.3 Å². The molecule has 0 aromatic carbocycles. The molecule has 0 saturated heterocycles. The third kappa shape index (κ3) is 3.94. The molecule has 0 aromatic heterocycles. The third-order valence-corrected chi connectivity index (χ3v) is 4.46. The molecule has 0 bridgehead atoms. The average Bonchev–Trinajstić information content (AvgIpc) is 2.54. The highest BCUT2D eigenvalue weighted by molar-refractivity contribution is 4.87. The first-order chi connectivity index (χ1) is 8.20. The number of aliphatic hydroxyl groups excluding tert-OH is 1. The van der Waals surface area contributed by atoms with Gasteiger partial charge in [-0.2, -0.15) is 0 Å². The molecule has 2 aliphatic rings. The molecule has 0 aromatic rings. The van der Waals surface area contributed by atoms with Crippen LogP contribution in [0.5, 0.6) is 0 Å². The predicted octanol–water partition coefficient (Wildman–Crippen LogP) is 1.96. The predicted molar refractivity (Wildman–Crippen MR) is 68.9 cm³/mol. The molecule has 3 N–H and O–H groups in total. The van der Waals surface area contributed by atoms with Gasteiger partial charge in [-0.15, -0.1) is 0 Å². The van der Waals surface area contributed by atoms with Crippen molar-refractivity contribution in [3.05, 3.63) is 0 Å². The second kappa shape index (κ2) is 6.17. The van der Waals surface area contributed by atoms with Crippen LogP contribution in [0.1, 0.15) is 64.2 Å². The minimum Gasteiger partial charge on any atom is -0.392 e. The molecule has 2 atom stereocenters. The molecule has 0 aliphatic heterocycles. The highest BCUT2D eigenvalue weighted by atomic mass is 16.3. The van der Waals surface area contributed by atoms with Crippen LogP contribution in [0.3, 0.4) is 0 Å². The van der Waals surface area contributed by atoms with E-state index in [4.69, 9.17) is 0 Å². The zero-order valence-electron chi connectivity index (χ0n) is 10.8. The molecule has 2 saturated carbocycles. The SMILES string of the molecule is O[C@@H]1CCCC[C@H]1NCC1(O)CCCCCC1. The minimum atomic E-state index is -0.520. The van der Waals surface area contributed by atoms with E-state index in [0.29, 0.717) is 6.54 Å². The van der Waals surface area contributed by atoms with Gasteiger partial charge in [-0.25, -0.2) is 0 Å². The second-order valence-corrected chi connectivity index (χ2v) is 5.98. The van der Waals surface area contributed by atoms with Crippen molar-refractivity contribution in [1.82, 2.24) is 5.32 Å². The van der Waals surface area contributed by atoms with Crippen molar-refractivity contribution in [1.29, 1.82) is 0 Å². The van der Waals surface area contributed by atoms with Gasteiger partial charge in [0.2, 0.25) is 0 Å². The summed E-state index contributed by atoms with van der Waals surface area (Å²) in [4.78, 5) is 0. The number of rotatable bonds is 3. The lowest BCUT2D eigenvalue weighted by atomic mass is 9.90. The molecule has 0 radical (unpaired) electrons. The van der Waals surface area contributed by atoms with Gasteiger partial charge >= 0.3 is 0 Å². The summed E-state index contributed by atoms with van der Waals surface area (Å²) >= 11 is 0. The van der Waals surface area contributed by atoms with E-state index >= 15 is 0 Å². The summed E-state index contributed by atoms with van der Waals surface area (Å²) < 4.78 is 0. The molecule has 2 fully saturated rings. The van der Waals surface area contributed by atoms with Crippen molar-refractivity contribution in [2.75, 3.05) is 6.54 Å². The Hall–Kier alpha value is -0.120. The number of aliphatic hydroxyl groups is 2. The summed E-state index contributed by atoms with van der Waals surface area (Å²) in [7, 11) is 0. The van der Waals surface area contributed by atoms with Crippen LogP contribution < -0.4 is 5.32 Å². The second-order valence-electron chi connectivity index (χ2n) is 5.98. The third-order valence-electron chi connectivity index (χ3n) is 4.46. The summed E-state index contributed by atoms with van der Waals surface area (Å²) in [6.07, 6.45) is 10.7. The van der Waals surface area contributed by atoms with E-state index in [1.807, 2.05) is 0 Å². The van der Waals surface area contributed by atoms with Crippen molar-refractivity contribution in [3.8, 4) is 0 Å². The van der Waals surface area contributed by atoms with Crippen molar-refractivity contribution in [2.24, 2.45) is 0 Å². The summed E-state index contributed by atoms with van der Waals surface area (Å²) in [5, 5.41) is 23.8. The van der Waals surface area contributed by atoms with Crippen LogP contribution in [-0.4, -0.2) is 34.5 Å². The quantitative estimate of drug-likeness (QED) is 0.662. The van der Waals surface area contributed by atoms with Crippen LogP contribution in [0.4, 0.5) is 0 Å². The zero-order valence-corrected chi connectivity index (χ0v) is 10.8. The Morgan fingerprint density at radius 3 is 2.24 bits per heavy atom. The van der Waals surface area contributed by atoms with E-state index in [1.54, 1.807) is 0 Å². The molecule has 0 amide bonds. The first-order valence-corrected chi connectivity index (χ1v) is 7.33. The van der Waals surface area contributed by atoms with Gasteiger partial charge in [-0.1, -0.05) is 38.5 Å². The van der Waals surface area contributed by atoms with E-state index in [9.17, 15) is 10.2 Å². The smallest absolute Gasteiger partial charge is 0.0771 e. The molecule has 17 heavy (non-hydrogen) atoms. The molecule has 2 rings (SSSR count). The molecule has 3 heteroatoms. The fraction of sp³-hybridized carbons (Fsp3) is 1.00. The van der Waals surface area contributed by atoms with Gasteiger partial charge in [0.1, 0.15) is 0 Å². The molecule has 0 spiro atoms. The fourth-order valence-corrected chi connectivity index (χ4v) is 3.23. The Balaban J connectivity index is 1.79. The molecular weight excluding hydrogens is 214 g/mol. The Labute approximate surface area is 105 Å². The van der Waals surface area contributed by atoms with Crippen LogP contribution in [0, 0.1) is 0 Å². The van der Waals surface area contributed by atoms with Crippen molar-refractivity contribution < 1.29 is 10.2 Å². The van der Waals surface area contributed by atoms with Crippen molar-refractivity contribution >= 4 is 0 Å². The van der Waals surface area contributed by atoms with E-state index in [-0.39, 0.29) is 12.1 Å². The standard InChI is InChI=1S/C14H27NO2/c16-13-8-4-3-7-12(13)15-11-14(17)9-5-1-2-6-10-14/h12-13,15-17H,1-11H2/t12-,13-/m1/s1. The number of hydrogen-bond acceptors (Lipinski definition) is 3. The van der Waals surface area contributed by atoms with E-state index in [0.717, 1.165) is 44.9 Å². The normalized spacial score (nSPS) is 34.2. The molecule has 0 unspecified atom stereocenters. The highest BCUT2D eigenvalue weighted by Crippen LogP contribution is 2.27. The Bertz CT molecular complexity index is 224. The Kier molecular flexibility index (Phi) is 4.83. The minimum absolute atomic E-state index is 0.205. The van der Waals surface area contributed by atoms with Gasteiger partial charge in [-0.3, -0.25) is 0 Å². The van der Waals surface area contributed by atoms with Gasteiger partial charge in [0.15, 0.2) is 0 Å².